The molecule has 1 heterocycles. The van der Waals surface area contributed by atoms with Crippen LogP contribution in [0.4, 0.5) is 5.69 Å². The second-order valence-electron chi connectivity index (χ2n) is 7.12. The van der Waals surface area contributed by atoms with Gasteiger partial charge in [0.1, 0.15) is 0 Å². The number of amides is 2. The van der Waals surface area contributed by atoms with Crippen molar-refractivity contribution in [2.24, 2.45) is 0 Å². The molecule has 170 valence electrons. The average molecular weight is 459 g/mol. The van der Waals surface area contributed by atoms with E-state index >= 15 is 0 Å². The van der Waals surface area contributed by atoms with Crippen LogP contribution in [-0.2, 0) is 9.53 Å². The molecule has 0 radical (unpaired) electrons. The molecule has 0 spiro atoms. The first-order valence-corrected chi connectivity index (χ1v) is 11.2. The number of nitrogens with zero attached hydrogens (tertiary/aromatic N) is 1. The second-order valence-corrected chi connectivity index (χ2v) is 8.34. The number of carbonyl (C=O) groups is 3. The minimum absolute atomic E-state index is 0.0126. The van der Waals surface area contributed by atoms with Gasteiger partial charge >= 0.3 is 5.97 Å². The summed E-state index contributed by atoms with van der Waals surface area (Å²) >= 11 is 1.85. The van der Waals surface area contributed by atoms with Crippen molar-refractivity contribution in [3.63, 3.8) is 0 Å². The average Bonchev–Trinajstić information content (AvgIpc) is 2.83. The maximum Gasteiger partial charge on any atom is 0.343 e. The lowest BCUT2D eigenvalue weighted by Gasteiger charge is -2.26. The number of rotatable bonds is 7. The molecule has 0 bridgehead atoms. The Bertz CT molecular complexity index is 1000. The maximum atomic E-state index is 12.8. The smallest absolute Gasteiger partial charge is 0.343 e. The molecule has 9 heteroatoms. The highest BCUT2D eigenvalue weighted by Gasteiger charge is 2.19. The third-order valence-electron chi connectivity index (χ3n) is 5.02. The SMILES string of the molecule is COC(=O)COc1ccc(C(=O)Nc2ccc(C(=O)N3CCSCC3)cc2C)cc1OC. The Kier molecular flexibility index (Phi) is 7.99. The number of benzene rings is 2. The van der Waals surface area contributed by atoms with E-state index < -0.39 is 5.97 Å². The fourth-order valence-electron chi connectivity index (χ4n) is 3.20. The van der Waals surface area contributed by atoms with Crippen molar-refractivity contribution in [1.82, 2.24) is 4.90 Å². The van der Waals surface area contributed by atoms with Crippen LogP contribution in [0.1, 0.15) is 26.3 Å². The number of aryl methyl sites for hydroxylation is 1. The van der Waals surface area contributed by atoms with Gasteiger partial charge in [-0.15, -0.1) is 0 Å². The third kappa shape index (κ3) is 5.73. The summed E-state index contributed by atoms with van der Waals surface area (Å²) < 4.78 is 15.2. The summed E-state index contributed by atoms with van der Waals surface area (Å²) in [5, 5.41) is 2.86. The van der Waals surface area contributed by atoms with Gasteiger partial charge in [-0.05, 0) is 48.9 Å². The zero-order valence-electron chi connectivity index (χ0n) is 18.3. The Balaban J connectivity index is 1.69. The zero-order chi connectivity index (χ0) is 23.1. The van der Waals surface area contributed by atoms with Crippen molar-refractivity contribution in [1.29, 1.82) is 0 Å². The van der Waals surface area contributed by atoms with Crippen LogP contribution in [0.25, 0.3) is 0 Å². The van der Waals surface area contributed by atoms with E-state index in [1.165, 1.54) is 20.3 Å². The van der Waals surface area contributed by atoms with Gasteiger partial charge in [0.25, 0.3) is 11.8 Å². The van der Waals surface area contributed by atoms with E-state index in [0.29, 0.717) is 28.3 Å². The molecule has 0 aliphatic carbocycles. The predicted molar refractivity (Wildman–Crippen MR) is 123 cm³/mol. The van der Waals surface area contributed by atoms with Gasteiger partial charge in [-0.1, -0.05) is 0 Å². The molecule has 0 atom stereocenters. The van der Waals surface area contributed by atoms with Crippen molar-refractivity contribution in [3.05, 3.63) is 53.1 Å². The van der Waals surface area contributed by atoms with E-state index in [-0.39, 0.29) is 18.4 Å². The van der Waals surface area contributed by atoms with Crippen molar-refractivity contribution >= 4 is 35.2 Å². The second kappa shape index (κ2) is 10.9. The number of esters is 1. The Hall–Kier alpha value is -3.20. The summed E-state index contributed by atoms with van der Waals surface area (Å²) in [6.07, 6.45) is 0. The Morgan fingerprint density at radius 1 is 1.00 bits per heavy atom. The Morgan fingerprint density at radius 2 is 1.72 bits per heavy atom. The molecule has 8 nitrogen and oxygen atoms in total. The molecule has 2 amide bonds. The zero-order valence-corrected chi connectivity index (χ0v) is 19.1. The van der Waals surface area contributed by atoms with Crippen LogP contribution < -0.4 is 14.8 Å². The lowest BCUT2D eigenvalue weighted by atomic mass is 10.1. The Labute approximate surface area is 191 Å². The fourth-order valence-corrected chi connectivity index (χ4v) is 4.11. The number of thioether (sulfide) groups is 1. The molecular formula is C23H26N2O6S. The van der Waals surface area contributed by atoms with Crippen LogP contribution in [0.15, 0.2) is 36.4 Å². The number of anilines is 1. The lowest BCUT2D eigenvalue weighted by molar-refractivity contribution is -0.142. The van der Waals surface area contributed by atoms with Gasteiger partial charge in [-0.3, -0.25) is 9.59 Å². The van der Waals surface area contributed by atoms with E-state index in [2.05, 4.69) is 10.1 Å². The van der Waals surface area contributed by atoms with Crippen LogP contribution in [0.2, 0.25) is 0 Å². The van der Waals surface area contributed by atoms with Gasteiger partial charge < -0.3 is 24.4 Å². The summed E-state index contributed by atoms with van der Waals surface area (Å²) in [4.78, 5) is 38.6. The summed E-state index contributed by atoms with van der Waals surface area (Å²) in [6, 6.07) is 9.93. The van der Waals surface area contributed by atoms with Crippen molar-refractivity contribution in [3.8, 4) is 11.5 Å². The molecule has 1 fully saturated rings. The fraction of sp³-hybridized carbons (Fsp3) is 0.348. The topological polar surface area (TPSA) is 94.2 Å². The van der Waals surface area contributed by atoms with Crippen molar-refractivity contribution < 1.29 is 28.6 Å². The minimum atomic E-state index is -0.523. The predicted octanol–water partition coefficient (Wildman–Crippen LogP) is 3.00. The number of hydrogen-bond donors (Lipinski definition) is 1. The number of methoxy groups -OCH3 is 2. The van der Waals surface area contributed by atoms with Crippen LogP contribution in [-0.4, -0.2) is 68.1 Å². The molecule has 0 aromatic heterocycles. The molecule has 0 unspecified atom stereocenters. The summed E-state index contributed by atoms with van der Waals surface area (Å²) in [7, 11) is 2.72. The van der Waals surface area contributed by atoms with Gasteiger partial charge in [0, 0.05) is 41.4 Å². The normalized spacial score (nSPS) is 13.3. The summed E-state index contributed by atoms with van der Waals surface area (Å²) in [5.41, 5.74) is 2.38. The minimum Gasteiger partial charge on any atom is -0.493 e. The molecule has 1 N–H and O–H groups in total. The largest absolute Gasteiger partial charge is 0.493 e. The maximum absolute atomic E-state index is 12.8. The van der Waals surface area contributed by atoms with Crippen LogP contribution in [0, 0.1) is 6.92 Å². The highest BCUT2D eigenvalue weighted by Crippen LogP contribution is 2.29. The molecule has 1 aliphatic rings. The molecular weight excluding hydrogens is 432 g/mol. The first-order valence-electron chi connectivity index (χ1n) is 10.1. The van der Waals surface area contributed by atoms with Crippen molar-refractivity contribution in [2.75, 3.05) is 50.7 Å². The van der Waals surface area contributed by atoms with E-state index in [1.54, 1.807) is 30.3 Å². The summed E-state index contributed by atoms with van der Waals surface area (Å²) in [5.74, 6) is 1.70. The van der Waals surface area contributed by atoms with E-state index in [0.717, 1.165) is 30.2 Å². The first kappa shape index (κ1) is 23.5. The van der Waals surface area contributed by atoms with E-state index in [1.807, 2.05) is 23.6 Å². The molecule has 0 saturated carbocycles. The monoisotopic (exact) mass is 458 g/mol. The summed E-state index contributed by atoms with van der Waals surface area (Å²) in [6.45, 7) is 3.09. The van der Waals surface area contributed by atoms with E-state index in [4.69, 9.17) is 9.47 Å². The first-order chi connectivity index (χ1) is 15.4. The highest BCUT2D eigenvalue weighted by molar-refractivity contribution is 7.99. The molecule has 3 rings (SSSR count). The van der Waals surface area contributed by atoms with Gasteiger partial charge in [0.05, 0.1) is 14.2 Å². The number of hydrogen-bond acceptors (Lipinski definition) is 7. The number of ether oxygens (including phenoxy) is 3. The van der Waals surface area contributed by atoms with E-state index in [9.17, 15) is 14.4 Å². The van der Waals surface area contributed by atoms with Crippen LogP contribution >= 0.6 is 11.8 Å². The quantitative estimate of drug-likeness (QED) is 0.638. The molecule has 2 aromatic carbocycles. The lowest BCUT2D eigenvalue weighted by Crippen LogP contribution is -2.37. The van der Waals surface area contributed by atoms with Gasteiger partial charge in [0.15, 0.2) is 18.1 Å². The molecule has 32 heavy (non-hydrogen) atoms. The molecule has 2 aromatic rings. The number of nitrogens with one attached hydrogen (secondary N) is 1. The van der Waals surface area contributed by atoms with Gasteiger partial charge in [-0.25, -0.2) is 4.79 Å². The molecule has 1 aliphatic heterocycles. The van der Waals surface area contributed by atoms with Gasteiger partial charge in [0.2, 0.25) is 0 Å². The standard InChI is InChI=1S/C23H26N2O6S/c1-15-12-17(23(28)25-8-10-32-11-9-25)4-6-18(15)24-22(27)16-5-7-19(20(13-16)29-2)31-14-21(26)30-3/h4-7,12-13H,8-11,14H2,1-3H3,(H,24,27). The third-order valence-corrected chi connectivity index (χ3v) is 5.96. The van der Waals surface area contributed by atoms with Crippen LogP contribution in [0.3, 0.4) is 0 Å². The van der Waals surface area contributed by atoms with Gasteiger partial charge in [-0.2, -0.15) is 11.8 Å². The number of carbonyl (C=O) groups excluding carboxylic acids is 3. The molecule has 1 saturated heterocycles. The van der Waals surface area contributed by atoms with Crippen molar-refractivity contribution in [2.45, 2.75) is 6.92 Å². The Morgan fingerprint density at radius 3 is 2.38 bits per heavy atom. The highest BCUT2D eigenvalue weighted by atomic mass is 32.2. The van der Waals surface area contributed by atoms with Crippen LogP contribution in [0.5, 0.6) is 11.5 Å².